The van der Waals surface area contributed by atoms with Gasteiger partial charge in [-0.25, -0.2) is 0 Å². The molecule has 0 atom stereocenters. The second kappa shape index (κ2) is 20.4. The molecule has 55 heavy (non-hydrogen) atoms. The predicted molar refractivity (Wildman–Crippen MR) is 236 cm³/mol. The molecule has 2 aromatic rings. The Morgan fingerprint density at radius 2 is 1.11 bits per heavy atom. The average Bonchev–Trinajstić information content (AvgIpc) is 3.74. The smallest absolute Gasteiger partial charge is 0.317 e. The third-order valence-electron chi connectivity index (χ3n) is 8.27. The number of hydrogen-bond acceptors (Lipinski definition) is 13. The first-order valence-corrected chi connectivity index (χ1v) is 30.0. The molecule has 13 nitrogen and oxygen atoms in total. The number of thiocarbonyl (C=S) groups is 2. The molecule has 0 radical (unpaired) electrons. The van der Waals surface area contributed by atoms with E-state index in [1.165, 1.54) is 81.1 Å². The number of amides is 4. The normalized spacial score (nSPS) is 14.8. The van der Waals surface area contributed by atoms with Gasteiger partial charge in [-0.05, 0) is 24.2 Å². The van der Waals surface area contributed by atoms with E-state index in [4.69, 9.17) is 29.2 Å². The van der Waals surface area contributed by atoms with Crippen LogP contribution in [-0.4, -0.2) is 121 Å². The second-order valence-corrected chi connectivity index (χ2v) is 31.9. The fourth-order valence-corrected chi connectivity index (χ4v) is 14.6. The van der Waals surface area contributed by atoms with Crippen LogP contribution in [0.25, 0.3) is 0 Å². The van der Waals surface area contributed by atoms with Crippen molar-refractivity contribution in [2.24, 2.45) is 0 Å². The first-order chi connectivity index (χ1) is 25.9. The summed E-state index contributed by atoms with van der Waals surface area (Å²) in [5.74, 6) is 0.737. The van der Waals surface area contributed by atoms with E-state index in [2.05, 4.69) is 49.9 Å². The lowest BCUT2D eigenvalue weighted by Gasteiger charge is -2.19. The number of thioether (sulfide) groups is 4. The molecule has 0 unspecified atom stereocenters. The summed E-state index contributed by atoms with van der Waals surface area (Å²) in [4.78, 5) is 55.9. The second-order valence-electron chi connectivity index (χ2n) is 15.0. The van der Waals surface area contributed by atoms with Crippen molar-refractivity contribution >= 4 is 120 Å². The van der Waals surface area contributed by atoms with Crippen LogP contribution in [0.3, 0.4) is 0 Å². The van der Waals surface area contributed by atoms with Gasteiger partial charge in [-0.3, -0.25) is 29.0 Å². The van der Waals surface area contributed by atoms with E-state index in [1.807, 2.05) is 0 Å². The van der Waals surface area contributed by atoms with Gasteiger partial charge >= 0.3 is 11.8 Å². The van der Waals surface area contributed by atoms with Gasteiger partial charge in [-0.2, -0.15) is 9.46 Å². The fourth-order valence-electron chi connectivity index (χ4n) is 5.09. The maximum absolute atomic E-state index is 13.5. The molecule has 0 bridgehead atoms. The minimum absolute atomic E-state index is 0.0812. The predicted octanol–water partition coefficient (Wildman–Crippen LogP) is 4.94. The van der Waals surface area contributed by atoms with Crippen LogP contribution in [0.15, 0.2) is 34.3 Å². The molecule has 2 aliphatic rings. The van der Waals surface area contributed by atoms with Gasteiger partial charge in [0.25, 0.3) is 33.3 Å². The number of carbonyl (C=O) groups is 4. The number of nitrogens with zero attached hydrogens (tertiary/aromatic N) is 4. The van der Waals surface area contributed by atoms with Crippen LogP contribution in [-0.2, 0) is 4.74 Å². The van der Waals surface area contributed by atoms with Crippen LogP contribution >= 0.6 is 71.5 Å². The van der Waals surface area contributed by atoms with Gasteiger partial charge in [0.05, 0.1) is 13.2 Å². The Bertz CT molecular complexity index is 1680. The molecule has 2 aliphatic heterocycles. The Kier molecular flexibility index (Phi) is 16.9. The highest BCUT2D eigenvalue weighted by atomic mass is 32.2. The monoisotopic (exact) mass is 900 g/mol. The van der Waals surface area contributed by atoms with Gasteiger partial charge in [0.2, 0.25) is 0 Å². The Hall–Kier alpha value is -2.25. The zero-order chi connectivity index (χ0) is 40.5. The van der Waals surface area contributed by atoms with Gasteiger partial charge in [-0.1, -0.05) is 111 Å². The van der Waals surface area contributed by atoms with Crippen molar-refractivity contribution in [2.45, 2.75) is 61.4 Å². The lowest BCUT2D eigenvalue weighted by molar-refractivity contribution is -0.647. The largest absolute Gasteiger partial charge is 0.617 e. The summed E-state index contributed by atoms with van der Waals surface area (Å²) in [5, 5.41) is 32.8. The molecule has 0 aliphatic carbocycles. The van der Waals surface area contributed by atoms with E-state index < -0.39 is 28.0 Å². The average molecular weight is 901 g/mol. The molecular weight excluding hydrogens is 853 g/mol. The molecule has 2 saturated heterocycles. The highest BCUT2D eigenvalue weighted by Crippen LogP contribution is 2.29. The molecular formula is C34H48N6O7S6Si2. The van der Waals surface area contributed by atoms with Crippen molar-refractivity contribution in [1.82, 2.24) is 20.4 Å². The highest BCUT2D eigenvalue weighted by Gasteiger charge is 2.34. The van der Waals surface area contributed by atoms with E-state index in [-0.39, 0.29) is 70.7 Å². The molecule has 300 valence electrons. The number of ether oxygens (including phenoxy) is 1. The summed E-state index contributed by atoms with van der Waals surface area (Å²) < 4.78 is 7.59. The number of carbonyl (C=O) groups excluding carboxylic acids is 4. The Balaban J connectivity index is 1.32. The number of rotatable bonds is 18. The number of aromatic nitrogens is 2. The number of nitrogens with one attached hydrogen (secondary N) is 2. The number of hydrogen-bond donors (Lipinski definition) is 2. The maximum Gasteiger partial charge on any atom is 0.317 e. The Morgan fingerprint density at radius 1 is 0.727 bits per heavy atom. The van der Waals surface area contributed by atoms with Crippen molar-refractivity contribution in [1.29, 1.82) is 0 Å². The molecule has 0 aromatic carbocycles. The van der Waals surface area contributed by atoms with Crippen LogP contribution in [0, 0.1) is 10.4 Å². The lowest BCUT2D eigenvalue weighted by Crippen LogP contribution is -2.44. The van der Waals surface area contributed by atoms with E-state index in [0.29, 0.717) is 54.2 Å². The van der Waals surface area contributed by atoms with Crippen molar-refractivity contribution in [2.75, 3.05) is 62.4 Å². The zero-order valence-electron chi connectivity index (χ0n) is 31.9. The van der Waals surface area contributed by atoms with Crippen LogP contribution in [0.1, 0.15) is 41.7 Å². The van der Waals surface area contributed by atoms with Crippen molar-refractivity contribution < 1.29 is 33.4 Å². The first kappa shape index (κ1) is 45.5. The molecule has 4 amide bonds. The molecule has 21 heteroatoms. The Morgan fingerprint density at radius 3 is 1.44 bits per heavy atom. The third-order valence-corrected chi connectivity index (χ3v) is 17.5. The van der Waals surface area contributed by atoms with Crippen LogP contribution in [0.5, 0.6) is 0 Å². The van der Waals surface area contributed by atoms with Crippen LogP contribution < -0.4 is 20.1 Å². The molecule has 2 fully saturated rings. The van der Waals surface area contributed by atoms with Gasteiger partial charge in [0, 0.05) is 77.5 Å². The molecule has 2 aromatic heterocycles. The summed E-state index contributed by atoms with van der Waals surface area (Å²) in [7, 11) is -2.85. The highest BCUT2D eigenvalue weighted by molar-refractivity contribution is 8.23. The maximum atomic E-state index is 13.5. The van der Waals surface area contributed by atoms with Gasteiger partial charge in [0.1, 0.15) is 19.8 Å². The van der Waals surface area contributed by atoms with E-state index >= 15 is 0 Å². The van der Waals surface area contributed by atoms with Crippen molar-refractivity contribution in [3.63, 3.8) is 0 Å². The summed E-state index contributed by atoms with van der Waals surface area (Å²) in [6.45, 7) is 14.6. The molecule has 0 spiro atoms. The minimum Gasteiger partial charge on any atom is -0.617 e. The summed E-state index contributed by atoms with van der Waals surface area (Å²) >= 11 is 16.1. The van der Waals surface area contributed by atoms with Crippen molar-refractivity contribution in [3.05, 3.63) is 57.2 Å². The Labute approximate surface area is 352 Å². The van der Waals surface area contributed by atoms with Crippen molar-refractivity contribution in [3.8, 4) is 0 Å². The van der Waals surface area contributed by atoms with Crippen LogP contribution in [0.2, 0.25) is 51.4 Å². The molecule has 4 heterocycles. The first-order valence-electron chi connectivity index (χ1n) is 17.8. The van der Waals surface area contributed by atoms with E-state index in [9.17, 15) is 29.6 Å². The van der Waals surface area contributed by atoms with Gasteiger partial charge in [0.15, 0.2) is 0 Å². The summed E-state index contributed by atoms with van der Waals surface area (Å²) in [5.41, 5.74) is 0.155. The standard InChI is InChI=1S/C34H48N6O7S6Si2/c1-54(2,3)21-19-50-31-23(29(43)37-13-17-52-33(37)48)7-9-25(39(31)45)27(41)35-11-15-47-16-12-36-28(42)26-10-8-24(30(44)38-14-18-53-34(38)49)32(40(26)46)51-20-22-55(4,5)6/h7-10H,11-22H2,1-6H3,(H,35,41)(H,36,42). The molecule has 2 N–H and O–H groups in total. The zero-order valence-corrected chi connectivity index (χ0v) is 38.8. The molecule has 4 rings (SSSR count). The van der Waals surface area contributed by atoms with E-state index in [1.54, 1.807) is 0 Å². The van der Waals surface area contributed by atoms with Gasteiger partial charge in [-0.15, -0.1) is 0 Å². The molecule has 0 saturated carbocycles. The number of pyridine rings is 2. The van der Waals surface area contributed by atoms with E-state index in [0.717, 1.165) is 12.1 Å². The van der Waals surface area contributed by atoms with Gasteiger partial charge < -0.3 is 25.8 Å². The SMILES string of the molecule is C[Si](C)(C)CCSc1c(C(=O)N2CCSC2=S)ccc(C(=O)NCCOCCNC(=O)c2ccc(C(=O)N3CCSC3=S)c(SCC[Si](C)(C)C)[n+]2[O-])[n+]1[O-]. The fraction of sp³-hybridized carbons (Fsp3) is 0.529. The minimum atomic E-state index is -1.43. The summed E-state index contributed by atoms with van der Waals surface area (Å²) in [6.07, 6.45) is 0. The lowest BCUT2D eigenvalue weighted by atomic mass is 10.2. The third kappa shape index (κ3) is 12.9. The van der Waals surface area contributed by atoms with Crippen LogP contribution in [0.4, 0.5) is 0 Å². The summed E-state index contributed by atoms with van der Waals surface area (Å²) in [6, 6.07) is 7.58. The topological polar surface area (TPSA) is 162 Å². The quantitative estimate of drug-likeness (QED) is 0.0518.